The molecule has 1 atom stereocenters. The Morgan fingerprint density at radius 1 is 1.17 bits per heavy atom. The molecule has 0 radical (unpaired) electrons. The van der Waals surface area contributed by atoms with Crippen molar-refractivity contribution in [2.75, 3.05) is 7.05 Å². The molecule has 1 aromatic carbocycles. The van der Waals surface area contributed by atoms with Crippen LogP contribution in [0.15, 0.2) is 36.5 Å². The van der Waals surface area contributed by atoms with Gasteiger partial charge in [0, 0.05) is 24.2 Å². The summed E-state index contributed by atoms with van der Waals surface area (Å²) in [5.41, 5.74) is 4.21. The molecule has 4 rings (SSSR count). The number of hydrogen-bond donors (Lipinski definition) is 1. The predicted octanol–water partition coefficient (Wildman–Crippen LogP) is 3.05. The fourth-order valence-corrected chi connectivity index (χ4v) is 3.58. The Labute approximate surface area is 137 Å². The molecule has 5 heteroatoms. The molecule has 1 amide bonds. The molecule has 4 nitrogen and oxygen atoms in total. The van der Waals surface area contributed by atoms with Crippen LogP contribution in [0.25, 0.3) is 22.2 Å². The van der Waals surface area contributed by atoms with Crippen LogP contribution in [0.4, 0.5) is 0 Å². The van der Waals surface area contributed by atoms with Gasteiger partial charge in [0.1, 0.15) is 0 Å². The Balaban J connectivity index is 1.94. The quantitative estimate of drug-likeness (QED) is 0.700. The first-order chi connectivity index (χ1) is 10.9. The van der Waals surface area contributed by atoms with Gasteiger partial charge in [-0.05, 0) is 31.3 Å². The van der Waals surface area contributed by atoms with E-state index in [-0.39, 0.29) is 11.4 Å². The first-order valence-corrected chi connectivity index (χ1v) is 8.14. The van der Waals surface area contributed by atoms with Crippen LogP contribution in [0.3, 0.4) is 0 Å². The summed E-state index contributed by atoms with van der Waals surface area (Å²) < 4.78 is 0. The van der Waals surface area contributed by atoms with E-state index in [1.54, 1.807) is 4.90 Å². The van der Waals surface area contributed by atoms with Crippen molar-refractivity contribution in [2.45, 2.75) is 19.4 Å². The first kappa shape index (κ1) is 14.4. The van der Waals surface area contributed by atoms with E-state index in [2.05, 4.69) is 26.4 Å². The van der Waals surface area contributed by atoms with Crippen molar-refractivity contribution in [1.29, 1.82) is 0 Å². The van der Waals surface area contributed by atoms with Crippen molar-refractivity contribution in [3.8, 4) is 11.3 Å². The van der Waals surface area contributed by atoms with Crippen molar-refractivity contribution < 1.29 is 4.79 Å². The zero-order valence-corrected chi connectivity index (χ0v) is 14.5. The second-order valence-corrected chi connectivity index (χ2v) is 7.11. The van der Waals surface area contributed by atoms with Gasteiger partial charge in [0.25, 0.3) is 5.91 Å². The summed E-state index contributed by atoms with van der Waals surface area (Å²) in [5, 5.41) is 2.27. The average molecular weight is 323 g/mol. The lowest BCUT2D eigenvalue weighted by molar-refractivity contribution is 0.0688. The van der Waals surface area contributed by atoms with E-state index in [1.165, 1.54) is 0 Å². The molecule has 1 aliphatic rings. The highest BCUT2D eigenvalue weighted by Gasteiger charge is 2.42. The smallest absolute Gasteiger partial charge is 0.256 e. The molecule has 1 unspecified atom stereocenters. The first-order valence-electron chi connectivity index (χ1n) is 7.57. The van der Waals surface area contributed by atoms with Gasteiger partial charge in [0.05, 0.1) is 28.0 Å². The number of nitrogens with zero attached hydrogens (tertiary/aromatic N) is 2. The Kier molecular flexibility index (Phi) is 2.91. The SMILES string of the molecule is CN1C(=O)c2ccc(-c3c[nH]c4c(P)cccc34)nc2C1(C)C. The third kappa shape index (κ3) is 1.88. The number of carbonyl (C=O) groups excluding carboxylic acids is 1. The Morgan fingerprint density at radius 2 is 1.96 bits per heavy atom. The number of benzene rings is 1. The van der Waals surface area contributed by atoms with E-state index in [0.717, 1.165) is 33.2 Å². The lowest BCUT2D eigenvalue weighted by atomic mass is 9.98. The van der Waals surface area contributed by atoms with Gasteiger partial charge in [-0.15, -0.1) is 9.24 Å². The number of H-pyrrole nitrogens is 1. The molecule has 116 valence electrons. The van der Waals surface area contributed by atoms with Crippen LogP contribution in [0.1, 0.15) is 29.9 Å². The number of pyridine rings is 1. The Bertz CT molecular complexity index is 958. The van der Waals surface area contributed by atoms with Gasteiger partial charge >= 0.3 is 0 Å². The minimum absolute atomic E-state index is 0.0372. The standard InChI is InChI=1S/C18H18N3OP/c1-18(2)16-11(17(22)21(18)3)7-8-13(20-16)12-9-19-15-10(12)5-4-6-14(15)23/h4-9,19H,23H2,1-3H3. The largest absolute Gasteiger partial charge is 0.360 e. The van der Waals surface area contributed by atoms with Crippen LogP contribution in [0, 0.1) is 0 Å². The van der Waals surface area contributed by atoms with Crippen molar-refractivity contribution >= 4 is 31.4 Å². The minimum Gasteiger partial charge on any atom is -0.360 e. The molecule has 0 fully saturated rings. The summed E-state index contributed by atoms with van der Waals surface area (Å²) in [5.74, 6) is 0.0372. The zero-order chi connectivity index (χ0) is 16.4. The van der Waals surface area contributed by atoms with Gasteiger partial charge in [-0.25, -0.2) is 4.98 Å². The molecule has 1 aliphatic heterocycles. The monoisotopic (exact) mass is 323 g/mol. The van der Waals surface area contributed by atoms with Gasteiger partial charge in [-0.2, -0.15) is 0 Å². The van der Waals surface area contributed by atoms with E-state index in [9.17, 15) is 4.79 Å². The van der Waals surface area contributed by atoms with Gasteiger partial charge in [0.15, 0.2) is 0 Å². The van der Waals surface area contributed by atoms with Crippen LogP contribution in [0.2, 0.25) is 0 Å². The molecular formula is C18H18N3OP. The number of aromatic nitrogens is 2. The summed E-state index contributed by atoms with van der Waals surface area (Å²) in [7, 11) is 4.58. The second-order valence-electron chi connectivity index (χ2n) is 6.49. The molecular weight excluding hydrogens is 305 g/mol. The fourth-order valence-electron chi connectivity index (χ4n) is 3.23. The summed E-state index contributed by atoms with van der Waals surface area (Å²) in [6.45, 7) is 4.06. The van der Waals surface area contributed by atoms with E-state index in [4.69, 9.17) is 4.98 Å². The molecule has 3 aromatic rings. The third-order valence-corrected chi connectivity index (χ3v) is 5.35. The molecule has 2 aromatic heterocycles. The van der Waals surface area contributed by atoms with E-state index in [1.807, 2.05) is 45.3 Å². The summed E-state index contributed by atoms with van der Waals surface area (Å²) >= 11 is 0. The maximum absolute atomic E-state index is 12.3. The maximum Gasteiger partial charge on any atom is 0.256 e. The van der Waals surface area contributed by atoms with Gasteiger partial charge < -0.3 is 9.88 Å². The number of fused-ring (bicyclic) bond motifs is 2. The predicted molar refractivity (Wildman–Crippen MR) is 96.0 cm³/mol. The number of aromatic amines is 1. The van der Waals surface area contributed by atoms with E-state index < -0.39 is 0 Å². The minimum atomic E-state index is -0.389. The lowest BCUT2D eigenvalue weighted by Crippen LogP contribution is -2.35. The number of amides is 1. The molecule has 23 heavy (non-hydrogen) atoms. The number of nitrogens with one attached hydrogen (secondary N) is 1. The number of hydrogen-bond acceptors (Lipinski definition) is 2. The van der Waals surface area contributed by atoms with Crippen LogP contribution >= 0.6 is 9.24 Å². The molecule has 0 bridgehead atoms. The highest BCUT2D eigenvalue weighted by Crippen LogP contribution is 2.38. The number of rotatable bonds is 1. The van der Waals surface area contributed by atoms with Crippen molar-refractivity contribution in [3.05, 3.63) is 47.8 Å². The molecule has 0 saturated heterocycles. The van der Waals surface area contributed by atoms with Crippen LogP contribution in [0.5, 0.6) is 0 Å². The maximum atomic E-state index is 12.3. The second kappa shape index (κ2) is 4.65. The van der Waals surface area contributed by atoms with Gasteiger partial charge in [-0.3, -0.25) is 4.79 Å². The van der Waals surface area contributed by atoms with E-state index >= 15 is 0 Å². The Hall–Kier alpha value is -2.19. The lowest BCUT2D eigenvalue weighted by Gasteiger charge is -2.27. The normalized spacial score (nSPS) is 16.2. The zero-order valence-electron chi connectivity index (χ0n) is 13.3. The summed E-state index contributed by atoms with van der Waals surface area (Å²) in [6.07, 6.45) is 1.99. The van der Waals surface area contributed by atoms with Crippen molar-refractivity contribution in [2.24, 2.45) is 0 Å². The van der Waals surface area contributed by atoms with Crippen molar-refractivity contribution in [3.63, 3.8) is 0 Å². The number of carbonyl (C=O) groups is 1. The van der Waals surface area contributed by atoms with Gasteiger partial charge in [0.2, 0.25) is 0 Å². The van der Waals surface area contributed by atoms with Crippen LogP contribution < -0.4 is 5.30 Å². The topological polar surface area (TPSA) is 49.0 Å². The average Bonchev–Trinajstić information content (AvgIpc) is 3.04. The third-order valence-electron chi connectivity index (χ3n) is 4.87. The number of para-hydroxylation sites is 1. The van der Waals surface area contributed by atoms with E-state index in [0.29, 0.717) is 5.56 Å². The van der Waals surface area contributed by atoms with Crippen LogP contribution in [-0.4, -0.2) is 27.8 Å². The van der Waals surface area contributed by atoms with Crippen molar-refractivity contribution in [1.82, 2.24) is 14.9 Å². The summed E-state index contributed by atoms with van der Waals surface area (Å²) in [6, 6.07) is 10.0. The van der Waals surface area contributed by atoms with Gasteiger partial charge in [-0.1, -0.05) is 18.2 Å². The highest BCUT2D eigenvalue weighted by atomic mass is 31.0. The van der Waals surface area contributed by atoms with Crippen LogP contribution in [-0.2, 0) is 5.54 Å². The molecule has 0 aliphatic carbocycles. The molecule has 0 spiro atoms. The molecule has 3 heterocycles. The molecule has 1 N–H and O–H groups in total. The summed E-state index contributed by atoms with van der Waals surface area (Å²) in [4.78, 5) is 22.3. The highest BCUT2D eigenvalue weighted by molar-refractivity contribution is 7.28. The Morgan fingerprint density at radius 3 is 2.74 bits per heavy atom. The molecule has 0 saturated carbocycles. The fraction of sp³-hybridized carbons (Fsp3) is 0.222.